The fraction of sp³-hybridized carbons (Fsp3) is 0.917. The number of aliphatic hydroxyl groups is 1. The number of amides is 1. The number of hydrogen-bond acceptors (Lipinski definition) is 5. The van der Waals surface area contributed by atoms with Crippen LogP contribution in [-0.2, 0) is 18.4 Å². The molecule has 9 heteroatoms. The van der Waals surface area contributed by atoms with Crippen LogP contribution in [-0.4, -0.2) is 73.4 Å². The molecule has 0 fully saturated rings. The molecule has 3 N–H and O–H groups in total. The molecule has 0 aromatic heterocycles. The number of likely N-dealkylation sites (N-methyl/N-ethyl adjacent to an activating group) is 1. The van der Waals surface area contributed by atoms with Crippen molar-refractivity contribution in [2.75, 3.05) is 40.9 Å². The summed E-state index contributed by atoms with van der Waals surface area (Å²) in [6, 6.07) is -0.835. The number of quaternary nitrogens is 1. The first-order chi connectivity index (χ1) is 21.5. The molecule has 0 rings (SSSR count). The topological polar surface area (TPSA) is 105 Å². The average Bonchev–Trinajstić information content (AvgIpc) is 2.97. The van der Waals surface area contributed by atoms with E-state index in [4.69, 9.17) is 9.05 Å². The van der Waals surface area contributed by atoms with Crippen LogP contribution >= 0.6 is 7.82 Å². The van der Waals surface area contributed by atoms with Crippen molar-refractivity contribution in [2.24, 2.45) is 0 Å². The molecule has 0 aliphatic carbocycles. The normalized spacial score (nSPS) is 14.9. The molecule has 0 saturated carbocycles. The second kappa shape index (κ2) is 29.4. The van der Waals surface area contributed by atoms with Gasteiger partial charge < -0.3 is 19.8 Å². The zero-order valence-electron chi connectivity index (χ0n) is 30.1. The monoisotopic (exact) mass is 662 g/mol. The van der Waals surface area contributed by atoms with Crippen molar-refractivity contribution < 1.29 is 32.9 Å². The van der Waals surface area contributed by atoms with Gasteiger partial charge >= 0.3 is 7.82 Å². The molecule has 3 atom stereocenters. The lowest BCUT2D eigenvalue weighted by molar-refractivity contribution is -0.870. The molecular formula is C36H74N2O6P+. The average molecular weight is 662 g/mol. The van der Waals surface area contributed by atoms with Crippen LogP contribution in [0.4, 0.5) is 0 Å². The Kier molecular flexibility index (Phi) is 28.9. The molecule has 268 valence electrons. The van der Waals surface area contributed by atoms with Crippen molar-refractivity contribution in [3.8, 4) is 0 Å². The van der Waals surface area contributed by atoms with Crippen molar-refractivity contribution >= 4 is 13.7 Å². The first-order valence-corrected chi connectivity index (χ1v) is 20.1. The minimum Gasteiger partial charge on any atom is -0.387 e. The highest BCUT2D eigenvalue weighted by atomic mass is 31.2. The Morgan fingerprint density at radius 2 is 1.18 bits per heavy atom. The number of phosphoric acid groups is 1. The van der Waals surface area contributed by atoms with Gasteiger partial charge in [0.25, 0.3) is 0 Å². The molecule has 3 unspecified atom stereocenters. The molecule has 0 saturated heterocycles. The third kappa shape index (κ3) is 31.6. The number of rotatable bonds is 33. The lowest BCUT2D eigenvalue weighted by Crippen LogP contribution is -2.45. The summed E-state index contributed by atoms with van der Waals surface area (Å²) in [5.41, 5.74) is 0. The molecule has 0 radical (unpaired) electrons. The lowest BCUT2D eigenvalue weighted by atomic mass is 10.0. The minimum atomic E-state index is -4.31. The molecule has 0 aromatic carbocycles. The molecule has 0 spiro atoms. The van der Waals surface area contributed by atoms with Gasteiger partial charge in [0, 0.05) is 6.42 Å². The van der Waals surface area contributed by atoms with E-state index in [0.717, 1.165) is 44.9 Å². The number of nitrogens with zero attached hydrogens (tertiary/aromatic N) is 1. The second-order valence-corrected chi connectivity index (χ2v) is 15.4. The summed E-state index contributed by atoms with van der Waals surface area (Å²) >= 11 is 0. The maximum absolute atomic E-state index is 12.5. The number of nitrogens with one attached hydrogen (secondary N) is 1. The summed E-state index contributed by atoms with van der Waals surface area (Å²) in [6.45, 7) is 4.68. The van der Waals surface area contributed by atoms with Crippen molar-refractivity contribution in [1.82, 2.24) is 5.32 Å². The van der Waals surface area contributed by atoms with Gasteiger partial charge in [-0.05, 0) is 19.3 Å². The predicted molar refractivity (Wildman–Crippen MR) is 189 cm³/mol. The van der Waals surface area contributed by atoms with Crippen LogP contribution in [0.1, 0.15) is 162 Å². The molecule has 8 nitrogen and oxygen atoms in total. The second-order valence-electron chi connectivity index (χ2n) is 14.0. The molecule has 45 heavy (non-hydrogen) atoms. The smallest absolute Gasteiger partial charge is 0.387 e. The first-order valence-electron chi connectivity index (χ1n) is 18.6. The Bertz CT molecular complexity index is 758. The highest BCUT2D eigenvalue weighted by Crippen LogP contribution is 2.43. The maximum atomic E-state index is 12.5. The number of carbonyl (C=O) groups is 1. The Morgan fingerprint density at radius 1 is 0.733 bits per heavy atom. The van der Waals surface area contributed by atoms with E-state index < -0.39 is 20.0 Å². The van der Waals surface area contributed by atoms with Crippen LogP contribution in [0, 0.1) is 0 Å². The molecule has 0 bridgehead atoms. The van der Waals surface area contributed by atoms with Crippen LogP contribution in [0.25, 0.3) is 0 Å². The van der Waals surface area contributed by atoms with E-state index >= 15 is 0 Å². The highest BCUT2D eigenvalue weighted by molar-refractivity contribution is 7.47. The summed E-state index contributed by atoms with van der Waals surface area (Å²) in [7, 11) is 1.57. The van der Waals surface area contributed by atoms with Gasteiger partial charge in [0.2, 0.25) is 5.91 Å². The van der Waals surface area contributed by atoms with E-state index in [1.54, 1.807) is 6.08 Å². The van der Waals surface area contributed by atoms with E-state index in [9.17, 15) is 19.4 Å². The maximum Gasteiger partial charge on any atom is 0.472 e. The largest absolute Gasteiger partial charge is 0.472 e. The summed E-state index contributed by atoms with van der Waals surface area (Å²) in [6.07, 6.45) is 30.4. The molecule has 0 heterocycles. The molecule has 0 aromatic rings. The number of carbonyl (C=O) groups excluding carboxylic acids is 1. The van der Waals surface area contributed by atoms with Gasteiger partial charge in [-0.1, -0.05) is 148 Å². The standard InChI is InChI=1S/C36H73N2O6P/c1-6-8-10-12-13-14-15-16-17-18-19-20-21-22-23-24-25-26-27-29-35(39)34(37-36(40)30-28-11-9-7-2)33-44-45(41,42)43-32-31-38(3,4)5/h27,29,34-35,39H,6-26,28,30-33H2,1-5H3,(H-,37,40,41,42)/p+1/b29-27+. The van der Waals surface area contributed by atoms with E-state index in [0.29, 0.717) is 17.4 Å². The number of phosphoric ester groups is 1. The van der Waals surface area contributed by atoms with Gasteiger partial charge in [-0.2, -0.15) is 0 Å². The fourth-order valence-electron chi connectivity index (χ4n) is 5.22. The van der Waals surface area contributed by atoms with E-state index in [1.165, 1.54) is 96.3 Å². The van der Waals surface area contributed by atoms with Gasteiger partial charge in [-0.15, -0.1) is 0 Å². The molecule has 0 aliphatic rings. The first kappa shape index (κ1) is 44.2. The number of hydrogen-bond donors (Lipinski definition) is 3. The lowest BCUT2D eigenvalue weighted by Gasteiger charge is -2.25. The highest BCUT2D eigenvalue weighted by Gasteiger charge is 2.27. The summed E-state index contributed by atoms with van der Waals surface area (Å²) < 4.78 is 23.3. The predicted octanol–water partition coefficient (Wildman–Crippen LogP) is 9.24. The summed E-state index contributed by atoms with van der Waals surface area (Å²) in [4.78, 5) is 22.6. The summed E-state index contributed by atoms with van der Waals surface area (Å²) in [5, 5.41) is 13.6. The van der Waals surface area contributed by atoms with E-state index in [1.807, 2.05) is 27.2 Å². The third-order valence-electron chi connectivity index (χ3n) is 8.26. The van der Waals surface area contributed by atoms with Crippen LogP contribution in [0.2, 0.25) is 0 Å². The van der Waals surface area contributed by atoms with Crippen LogP contribution in [0.15, 0.2) is 12.2 Å². The van der Waals surface area contributed by atoms with Gasteiger partial charge in [0.15, 0.2) is 0 Å². The Labute approximate surface area is 278 Å². The fourth-order valence-corrected chi connectivity index (χ4v) is 5.95. The SMILES string of the molecule is CCCCCCCCCCCCCCCCCCC/C=C/C(O)C(COP(=O)(O)OCC[N+](C)(C)C)NC(=O)CCCCCC. The number of aliphatic hydroxyl groups excluding tert-OH is 1. The Hall–Kier alpha value is -0.760. The quantitative estimate of drug-likeness (QED) is 0.0280. The van der Waals surface area contributed by atoms with Crippen molar-refractivity contribution in [1.29, 1.82) is 0 Å². The Balaban J connectivity index is 4.24. The van der Waals surface area contributed by atoms with Gasteiger partial charge in [-0.25, -0.2) is 4.57 Å². The molecular weight excluding hydrogens is 587 g/mol. The zero-order valence-corrected chi connectivity index (χ0v) is 31.0. The van der Waals surface area contributed by atoms with Gasteiger partial charge in [0.05, 0.1) is 39.9 Å². The van der Waals surface area contributed by atoms with Gasteiger partial charge in [-0.3, -0.25) is 13.8 Å². The number of unbranched alkanes of at least 4 members (excludes halogenated alkanes) is 20. The van der Waals surface area contributed by atoms with Crippen LogP contribution in [0.5, 0.6) is 0 Å². The van der Waals surface area contributed by atoms with E-state index in [-0.39, 0.29) is 19.1 Å². The van der Waals surface area contributed by atoms with Crippen LogP contribution in [0.3, 0.4) is 0 Å². The van der Waals surface area contributed by atoms with Crippen LogP contribution < -0.4 is 5.32 Å². The third-order valence-corrected chi connectivity index (χ3v) is 9.24. The van der Waals surface area contributed by atoms with E-state index in [2.05, 4.69) is 19.2 Å². The van der Waals surface area contributed by atoms with Crippen molar-refractivity contribution in [2.45, 2.75) is 174 Å². The molecule has 1 amide bonds. The number of allylic oxidation sites excluding steroid dienone is 1. The van der Waals surface area contributed by atoms with Gasteiger partial charge in [0.1, 0.15) is 13.2 Å². The molecule has 0 aliphatic heterocycles. The zero-order chi connectivity index (χ0) is 33.7. The minimum absolute atomic E-state index is 0.0630. The van der Waals surface area contributed by atoms with Crippen molar-refractivity contribution in [3.63, 3.8) is 0 Å². The summed E-state index contributed by atoms with van der Waals surface area (Å²) in [5.74, 6) is -0.195. The van der Waals surface area contributed by atoms with Crippen molar-refractivity contribution in [3.05, 3.63) is 12.2 Å². The Morgan fingerprint density at radius 3 is 1.64 bits per heavy atom.